The zero-order valence-corrected chi connectivity index (χ0v) is 12.3. The van der Waals surface area contributed by atoms with Crippen LogP contribution >= 0.6 is 11.6 Å². The molecule has 0 heterocycles. The number of nitro groups is 1. The molecule has 0 atom stereocenters. The summed E-state index contributed by atoms with van der Waals surface area (Å²) in [5.74, 6) is 0.259. The number of aryl methyl sites for hydroxylation is 1. The molecule has 1 aliphatic rings. The first kappa shape index (κ1) is 14.8. The van der Waals surface area contributed by atoms with Gasteiger partial charge in [-0.15, -0.1) is 11.6 Å². The average Bonchev–Trinajstić information content (AvgIpc) is 2.36. The number of hydrogen-bond acceptors (Lipinski definition) is 3. The van der Waals surface area contributed by atoms with Gasteiger partial charge in [0, 0.05) is 36.7 Å². The van der Waals surface area contributed by atoms with Gasteiger partial charge < -0.3 is 4.90 Å². The molecule has 108 valence electrons. The number of halogens is 1. The van der Waals surface area contributed by atoms with Crippen molar-refractivity contribution in [1.82, 2.24) is 4.90 Å². The first-order chi connectivity index (χ1) is 9.38. The Morgan fingerprint density at radius 2 is 2.15 bits per heavy atom. The van der Waals surface area contributed by atoms with E-state index in [1.54, 1.807) is 24.9 Å². The molecule has 6 heteroatoms. The van der Waals surface area contributed by atoms with Gasteiger partial charge in [-0.05, 0) is 31.2 Å². The molecule has 0 spiro atoms. The number of alkyl halides is 1. The standard InChI is InChI=1S/C14H17ClN2O3/c1-9-3-4-12(17(19)20)7-13(9)14(18)16(2)8-10-5-11(15)6-10/h3-4,7,10-11H,5-6,8H2,1-2H3. The Kier molecular flexibility index (Phi) is 4.28. The third-order valence-corrected chi connectivity index (χ3v) is 4.08. The molecule has 1 fully saturated rings. The summed E-state index contributed by atoms with van der Waals surface area (Å²) in [5.41, 5.74) is 1.08. The zero-order chi connectivity index (χ0) is 14.9. The Labute approximate surface area is 122 Å². The minimum Gasteiger partial charge on any atom is -0.341 e. The topological polar surface area (TPSA) is 63.5 Å². The van der Waals surface area contributed by atoms with Crippen molar-refractivity contribution in [3.8, 4) is 0 Å². The predicted octanol–water partition coefficient (Wildman–Crippen LogP) is 2.99. The molecule has 0 aromatic heterocycles. The summed E-state index contributed by atoms with van der Waals surface area (Å²) in [6.45, 7) is 2.42. The summed E-state index contributed by atoms with van der Waals surface area (Å²) < 4.78 is 0. The number of hydrogen-bond donors (Lipinski definition) is 0. The molecule has 0 N–H and O–H groups in total. The summed E-state index contributed by atoms with van der Waals surface area (Å²) in [6, 6.07) is 4.37. The van der Waals surface area contributed by atoms with E-state index in [0.717, 1.165) is 18.4 Å². The van der Waals surface area contributed by atoms with Gasteiger partial charge in [0.05, 0.1) is 4.92 Å². The van der Waals surface area contributed by atoms with Gasteiger partial charge in [-0.25, -0.2) is 0 Å². The maximum atomic E-state index is 12.4. The molecule has 1 amide bonds. The zero-order valence-electron chi connectivity index (χ0n) is 11.5. The van der Waals surface area contributed by atoms with E-state index in [-0.39, 0.29) is 17.0 Å². The number of nitro benzene ring substituents is 1. The van der Waals surface area contributed by atoms with E-state index in [4.69, 9.17) is 11.6 Å². The molecule has 1 saturated carbocycles. The van der Waals surface area contributed by atoms with Crippen molar-refractivity contribution in [3.05, 3.63) is 39.4 Å². The van der Waals surface area contributed by atoms with Crippen molar-refractivity contribution in [2.75, 3.05) is 13.6 Å². The molecule has 20 heavy (non-hydrogen) atoms. The average molecular weight is 297 g/mol. The van der Waals surface area contributed by atoms with Gasteiger partial charge in [-0.3, -0.25) is 14.9 Å². The highest BCUT2D eigenvalue weighted by atomic mass is 35.5. The van der Waals surface area contributed by atoms with E-state index in [9.17, 15) is 14.9 Å². The molecule has 0 aliphatic heterocycles. The number of rotatable bonds is 4. The lowest BCUT2D eigenvalue weighted by atomic mass is 9.84. The second kappa shape index (κ2) is 5.79. The van der Waals surface area contributed by atoms with Crippen LogP contribution in [0.15, 0.2) is 18.2 Å². The molecule has 0 radical (unpaired) electrons. The van der Waals surface area contributed by atoms with Crippen molar-refractivity contribution in [3.63, 3.8) is 0 Å². The van der Waals surface area contributed by atoms with Crippen LogP contribution in [-0.4, -0.2) is 34.7 Å². The molecule has 2 rings (SSSR count). The van der Waals surface area contributed by atoms with E-state index >= 15 is 0 Å². The van der Waals surface area contributed by atoms with Gasteiger partial charge in [0.25, 0.3) is 11.6 Å². The molecule has 1 aromatic rings. The van der Waals surface area contributed by atoms with Crippen LogP contribution in [0.1, 0.15) is 28.8 Å². The van der Waals surface area contributed by atoms with Gasteiger partial charge >= 0.3 is 0 Å². The monoisotopic (exact) mass is 296 g/mol. The fourth-order valence-corrected chi connectivity index (χ4v) is 2.94. The van der Waals surface area contributed by atoms with Crippen molar-refractivity contribution >= 4 is 23.2 Å². The van der Waals surface area contributed by atoms with Crippen LogP contribution in [-0.2, 0) is 0 Å². The SMILES string of the molecule is Cc1ccc([N+](=O)[O-])cc1C(=O)N(C)CC1CC(Cl)C1. The predicted molar refractivity (Wildman–Crippen MR) is 77.2 cm³/mol. The van der Waals surface area contributed by atoms with Crippen LogP contribution in [0.5, 0.6) is 0 Å². The Hall–Kier alpha value is -1.62. The molecule has 0 bridgehead atoms. The molecule has 0 unspecified atom stereocenters. The molecule has 1 aromatic carbocycles. The molecular weight excluding hydrogens is 280 g/mol. The molecule has 0 saturated heterocycles. The second-order valence-electron chi connectivity index (χ2n) is 5.38. The Morgan fingerprint density at radius 3 is 2.70 bits per heavy atom. The van der Waals surface area contributed by atoms with Crippen LogP contribution < -0.4 is 0 Å². The maximum Gasteiger partial charge on any atom is 0.270 e. The first-order valence-corrected chi connectivity index (χ1v) is 6.96. The summed E-state index contributed by atoms with van der Waals surface area (Å²) in [6.07, 6.45) is 1.85. The fourth-order valence-electron chi connectivity index (χ4n) is 2.43. The lowest BCUT2D eigenvalue weighted by Crippen LogP contribution is -2.38. The Bertz CT molecular complexity index is 541. The van der Waals surface area contributed by atoms with E-state index in [1.165, 1.54) is 12.1 Å². The smallest absolute Gasteiger partial charge is 0.270 e. The number of carbonyl (C=O) groups is 1. The van der Waals surface area contributed by atoms with E-state index < -0.39 is 4.92 Å². The van der Waals surface area contributed by atoms with Crippen molar-refractivity contribution in [2.24, 2.45) is 5.92 Å². The number of benzene rings is 1. The summed E-state index contributed by atoms with van der Waals surface area (Å²) >= 11 is 5.93. The van der Waals surface area contributed by atoms with Crippen LogP contribution in [0.4, 0.5) is 5.69 Å². The summed E-state index contributed by atoms with van der Waals surface area (Å²) in [4.78, 5) is 24.3. The van der Waals surface area contributed by atoms with Crippen LogP contribution in [0.25, 0.3) is 0 Å². The van der Waals surface area contributed by atoms with Gasteiger partial charge in [0.15, 0.2) is 0 Å². The third-order valence-electron chi connectivity index (χ3n) is 3.72. The number of amides is 1. The van der Waals surface area contributed by atoms with Crippen LogP contribution in [0.3, 0.4) is 0 Å². The molecule has 1 aliphatic carbocycles. The highest BCUT2D eigenvalue weighted by molar-refractivity contribution is 6.21. The van der Waals surface area contributed by atoms with Crippen molar-refractivity contribution in [2.45, 2.75) is 25.1 Å². The Morgan fingerprint density at radius 1 is 1.50 bits per heavy atom. The van der Waals surface area contributed by atoms with Crippen molar-refractivity contribution < 1.29 is 9.72 Å². The number of non-ortho nitro benzene ring substituents is 1. The van der Waals surface area contributed by atoms with Gasteiger partial charge in [0.1, 0.15) is 0 Å². The van der Waals surface area contributed by atoms with Gasteiger partial charge in [-0.1, -0.05) is 6.07 Å². The molecule has 5 nitrogen and oxygen atoms in total. The highest BCUT2D eigenvalue weighted by Gasteiger charge is 2.29. The Balaban J connectivity index is 2.11. The van der Waals surface area contributed by atoms with Gasteiger partial charge in [0.2, 0.25) is 0 Å². The first-order valence-electron chi connectivity index (χ1n) is 6.53. The summed E-state index contributed by atoms with van der Waals surface area (Å²) in [5, 5.41) is 11.0. The third kappa shape index (κ3) is 3.10. The molecular formula is C14H17ClN2O3. The minimum absolute atomic E-state index is 0.0585. The number of carbonyl (C=O) groups excluding carboxylic acids is 1. The van der Waals surface area contributed by atoms with Crippen LogP contribution in [0.2, 0.25) is 0 Å². The quantitative estimate of drug-likeness (QED) is 0.487. The van der Waals surface area contributed by atoms with Gasteiger partial charge in [-0.2, -0.15) is 0 Å². The second-order valence-corrected chi connectivity index (χ2v) is 5.99. The summed E-state index contributed by atoms with van der Waals surface area (Å²) in [7, 11) is 1.72. The number of nitrogens with zero attached hydrogens (tertiary/aromatic N) is 2. The fraction of sp³-hybridized carbons (Fsp3) is 0.500. The van der Waals surface area contributed by atoms with E-state index in [1.807, 2.05) is 0 Å². The maximum absolute atomic E-state index is 12.4. The van der Waals surface area contributed by atoms with E-state index in [0.29, 0.717) is 18.0 Å². The minimum atomic E-state index is -0.486. The lowest BCUT2D eigenvalue weighted by Gasteiger charge is -2.34. The van der Waals surface area contributed by atoms with Crippen LogP contribution in [0, 0.1) is 23.0 Å². The van der Waals surface area contributed by atoms with Crippen molar-refractivity contribution in [1.29, 1.82) is 0 Å². The largest absolute Gasteiger partial charge is 0.341 e. The normalized spacial score (nSPS) is 21.1. The highest BCUT2D eigenvalue weighted by Crippen LogP contribution is 2.32. The van der Waals surface area contributed by atoms with E-state index in [2.05, 4.69) is 0 Å². The lowest BCUT2D eigenvalue weighted by molar-refractivity contribution is -0.384.